The summed E-state index contributed by atoms with van der Waals surface area (Å²) in [5.41, 5.74) is 2.57. The van der Waals surface area contributed by atoms with Crippen LogP contribution in [0.25, 0.3) is 5.69 Å². The third-order valence-corrected chi connectivity index (χ3v) is 3.31. The molecule has 0 unspecified atom stereocenters. The molecule has 0 fully saturated rings. The van der Waals surface area contributed by atoms with E-state index in [0.717, 1.165) is 11.4 Å². The second-order valence-corrected chi connectivity index (χ2v) is 4.74. The third kappa shape index (κ3) is 2.81. The number of anilines is 1. The van der Waals surface area contributed by atoms with Gasteiger partial charge in [-0.2, -0.15) is 10.4 Å². The number of halogens is 1. The Bertz CT molecular complexity index is 819. The fourth-order valence-electron chi connectivity index (χ4n) is 2.18. The van der Waals surface area contributed by atoms with E-state index in [1.165, 1.54) is 6.07 Å². The number of rotatable bonds is 4. The van der Waals surface area contributed by atoms with E-state index in [-0.39, 0.29) is 5.82 Å². The van der Waals surface area contributed by atoms with E-state index in [0.29, 0.717) is 17.7 Å². The van der Waals surface area contributed by atoms with Crippen molar-refractivity contribution >= 4 is 5.69 Å². The molecule has 5 heteroatoms. The average Bonchev–Trinajstić information content (AvgIpc) is 3.08. The number of aromatic nitrogens is 2. The molecule has 0 radical (unpaired) electrons. The van der Waals surface area contributed by atoms with E-state index in [1.807, 2.05) is 42.6 Å². The topological polar surface area (TPSA) is 53.6 Å². The van der Waals surface area contributed by atoms with Crippen molar-refractivity contribution in [1.29, 1.82) is 5.26 Å². The lowest BCUT2D eigenvalue weighted by Crippen LogP contribution is -2.06. The number of nitrogens with zero attached hydrogens (tertiary/aromatic N) is 3. The number of hydrogen-bond donors (Lipinski definition) is 1. The van der Waals surface area contributed by atoms with E-state index >= 15 is 0 Å². The Hall–Kier alpha value is -3.13. The fraction of sp³-hybridized carbons (Fsp3) is 0.0588. The van der Waals surface area contributed by atoms with Crippen molar-refractivity contribution in [2.45, 2.75) is 6.54 Å². The fourth-order valence-corrected chi connectivity index (χ4v) is 2.18. The summed E-state index contributed by atoms with van der Waals surface area (Å²) in [7, 11) is 0. The normalized spacial score (nSPS) is 10.2. The van der Waals surface area contributed by atoms with Gasteiger partial charge in [0.25, 0.3) is 0 Å². The first-order valence-electron chi connectivity index (χ1n) is 6.79. The molecule has 2 aromatic carbocycles. The minimum absolute atomic E-state index is 0.318. The Morgan fingerprint density at radius 1 is 1.18 bits per heavy atom. The number of hydrogen-bond acceptors (Lipinski definition) is 3. The van der Waals surface area contributed by atoms with Crippen molar-refractivity contribution in [3.8, 4) is 11.8 Å². The molecule has 108 valence electrons. The molecule has 22 heavy (non-hydrogen) atoms. The van der Waals surface area contributed by atoms with Gasteiger partial charge in [-0.25, -0.2) is 9.07 Å². The highest BCUT2D eigenvalue weighted by Gasteiger charge is 2.07. The van der Waals surface area contributed by atoms with Gasteiger partial charge in [0.05, 0.1) is 23.0 Å². The molecule has 0 saturated carbocycles. The van der Waals surface area contributed by atoms with Gasteiger partial charge < -0.3 is 5.32 Å². The Kier molecular flexibility index (Phi) is 3.84. The summed E-state index contributed by atoms with van der Waals surface area (Å²) < 4.78 is 15.7. The zero-order valence-electron chi connectivity index (χ0n) is 11.7. The summed E-state index contributed by atoms with van der Waals surface area (Å²) in [5, 5.41) is 16.2. The van der Waals surface area contributed by atoms with E-state index < -0.39 is 0 Å². The van der Waals surface area contributed by atoms with E-state index in [4.69, 9.17) is 5.26 Å². The van der Waals surface area contributed by atoms with Crippen LogP contribution in [0.15, 0.2) is 60.9 Å². The van der Waals surface area contributed by atoms with Crippen LogP contribution in [0.5, 0.6) is 0 Å². The quantitative estimate of drug-likeness (QED) is 0.800. The van der Waals surface area contributed by atoms with Crippen LogP contribution < -0.4 is 5.32 Å². The van der Waals surface area contributed by atoms with Crippen LogP contribution in [0.2, 0.25) is 0 Å². The standard InChI is InChI=1S/C17H13FN4/c18-15-10-13(11-19)6-7-14(15)12-20-16-4-1-2-5-17(16)22-9-3-8-21-22/h1-10,20H,12H2. The van der Waals surface area contributed by atoms with Crippen molar-refractivity contribution in [1.82, 2.24) is 9.78 Å². The molecule has 0 aliphatic rings. The molecule has 0 atom stereocenters. The summed E-state index contributed by atoms with van der Waals surface area (Å²) in [6.07, 6.45) is 3.56. The Morgan fingerprint density at radius 3 is 2.77 bits per heavy atom. The molecule has 1 N–H and O–H groups in total. The molecule has 0 aliphatic carbocycles. The highest BCUT2D eigenvalue weighted by Crippen LogP contribution is 2.20. The molecule has 1 heterocycles. The molecule has 1 aromatic heterocycles. The van der Waals surface area contributed by atoms with Gasteiger partial charge >= 0.3 is 0 Å². The maximum absolute atomic E-state index is 13.9. The number of nitrogens with one attached hydrogen (secondary N) is 1. The molecule has 4 nitrogen and oxygen atoms in total. The second-order valence-electron chi connectivity index (χ2n) is 4.74. The van der Waals surface area contributed by atoms with E-state index in [9.17, 15) is 4.39 Å². The van der Waals surface area contributed by atoms with E-state index in [2.05, 4.69) is 10.4 Å². The first-order chi connectivity index (χ1) is 10.8. The number of para-hydroxylation sites is 2. The number of nitriles is 1. The minimum Gasteiger partial charge on any atom is -0.379 e. The van der Waals surface area contributed by atoms with Crippen LogP contribution >= 0.6 is 0 Å². The van der Waals surface area contributed by atoms with Crippen LogP contribution in [0.3, 0.4) is 0 Å². The summed E-state index contributed by atoms with van der Waals surface area (Å²) >= 11 is 0. The van der Waals surface area contributed by atoms with Crippen molar-refractivity contribution in [3.63, 3.8) is 0 Å². The lowest BCUT2D eigenvalue weighted by molar-refractivity contribution is 0.612. The molecule has 0 aliphatic heterocycles. The Morgan fingerprint density at radius 2 is 2.05 bits per heavy atom. The smallest absolute Gasteiger partial charge is 0.129 e. The van der Waals surface area contributed by atoms with Crippen LogP contribution in [0, 0.1) is 17.1 Å². The zero-order valence-corrected chi connectivity index (χ0v) is 11.7. The van der Waals surface area contributed by atoms with Gasteiger partial charge in [0, 0.05) is 24.5 Å². The van der Waals surface area contributed by atoms with Crippen molar-refractivity contribution in [2.24, 2.45) is 0 Å². The summed E-state index contributed by atoms with van der Waals surface area (Å²) in [6.45, 7) is 0.329. The van der Waals surface area contributed by atoms with Gasteiger partial charge in [-0.15, -0.1) is 0 Å². The molecule has 3 rings (SSSR count). The van der Waals surface area contributed by atoms with Crippen LogP contribution in [-0.2, 0) is 6.54 Å². The van der Waals surface area contributed by atoms with Crippen molar-refractivity contribution < 1.29 is 4.39 Å². The predicted octanol–water partition coefficient (Wildman–Crippen LogP) is 3.50. The van der Waals surface area contributed by atoms with Crippen LogP contribution in [0.1, 0.15) is 11.1 Å². The molecule has 0 bridgehead atoms. The van der Waals surface area contributed by atoms with Gasteiger partial charge in [-0.1, -0.05) is 18.2 Å². The molecular weight excluding hydrogens is 279 g/mol. The van der Waals surface area contributed by atoms with Gasteiger partial charge in [-0.3, -0.25) is 0 Å². The summed E-state index contributed by atoms with van der Waals surface area (Å²) in [5.74, 6) is -0.386. The zero-order chi connectivity index (χ0) is 15.4. The Labute approximate surface area is 127 Å². The second kappa shape index (κ2) is 6.10. The van der Waals surface area contributed by atoms with E-state index in [1.54, 1.807) is 23.0 Å². The molecule has 0 spiro atoms. The predicted molar refractivity (Wildman–Crippen MR) is 82.0 cm³/mol. The van der Waals surface area contributed by atoms with Crippen molar-refractivity contribution in [3.05, 3.63) is 77.9 Å². The first-order valence-corrected chi connectivity index (χ1v) is 6.79. The third-order valence-electron chi connectivity index (χ3n) is 3.31. The summed E-state index contributed by atoms with van der Waals surface area (Å²) in [6, 6.07) is 15.9. The Balaban J connectivity index is 1.82. The van der Waals surface area contributed by atoms with Gasteiger partial charge in [0.1, 0.15) is 5.82 Å². The van der Waals surface area contributed by atoms with Crippen LogP contribution in [-0.4, -0.2) is 9.78 Å². The van der Waals surface area contributed by atoms with Gasteiger partial charge in [-0.05, 0) is 30.3 Å². The maximum atomic E-state index is 13.9. The average molecular weight is 292 g/mol. The lowest BCUT2D eigenvalue weighted by Gasteiger charge is -2.12. The molecule has 0 saturated heterocycles. The highest BCUT2D eigenvalue weighted by molar-refractivity contribution is 5.60. The van der Waals surface area contributed by atoms with Gasteiger partial charge in [0.2, 0.25) is 0 Å². The number of benzene rings is 2. The SMILES string of the molecule is N#Cc1ccc(CNc2ccccc2-n2cccn2)c(F)c1. The van der Waals surface area contributed by atoms with Gasteiger partial charge in [0.15, 0.2) is 0 Å². The minimum atomic E-state index is -0.386. The molecule has 3 aromatic rings. The maximum Gasteiger partial charge on any atom is 0.129 e. The lowest BCUT2D eigenvalue weighted by atomic mass is 10.1. The highest BCUT2D eigenvalue weighted by atomic mass is 19.1. The first kappa shape index (κ1) is 13.8. The largest absolute Gasteiger partial charge is 0.379 e. The van der Waals surface area contributed by atoms with Crippen LogP contribution in [0.4, 0.5) is 10.1 Å². The molecule has 0 amide bonds. The monoisotopic (exact) mass is 292 g/mol. The summed E-state index contributed by atoms with van der Waals surface area (Å²) in [4.78, 5) is 0. The molecular formula is C17H13FN4. The van der Waals surface area contributed by atoms with Crippen molar-refractivity contribution in [2.75, 3.05) is 5.32 Å².